The van der Waals surface area contributed by atoms with Gasteiger partial charge in [0.1, 0.15) is 5.75 Å². The van der Waals surface area contributed by atoms with Crippen LogP contribution in [0.5, 0.6) is 5.75 Å². The zero-order chi connectivity index (χ0) is 15.0. The molecular formula is C12H12N6O3. The minimum Gasteiger partial charge on any atom is -0.477 e. The van der Waals surface area contributed by atoms with Gasteiger partial charge in [0.15, 0.2) is 6.10 Å². The van der Waals surface area contributed by atoms with Gasteiger partial charge in [-0.25, -0.2) is 0 Å². The van der Waals surface area contributed by atoms with E-state index in [-0.39, 0.29) is 18.3 Å². The van der Waals surface area contributed by atoms with Crippen molar-refractivity contribution < 1.29 is 14.3 Å². The molecule has 21 heavy (non-hydrogen) atoms. The Hall–Kier alpha value is -3.10. The average Bonchev–Trinajstić information content (AvgIpc) is 2.92. The zero-order valence-electron chi connectivity index (χ0n) is 10.8. The van der Waals surface area contributed by atoms with E-state index in [0.29, 0.717) is 11.4 Å². The fraction of sp³-hybridized carbons (Fsp3) is 0.167. The highest BCUT2D eigenvalue weighted by molar-refractivity contribution is 6.05. The first-order valence-corrected chi connectivity index (χ1v) is 6.11. The highest BCUT2D eigenvalue weighted by Gasteiger charge is 2.34. The van der Waals surface area contributed by atoms with Crippen molar-refractivity contribution in [2.75, 3.05) is 17.2 Å². The molecule has 1 unspecified atom stereocenters. The summed E-state index contributed by atoms with van der Waals surface area (Å²) < 4.78 is 5.48. The number of carbonyl (C=O) groups is 2. The van der Waals surface area contributed by atoms with Crippen LogP contribution in [0.1, 0.15) is 10.6 Å². The third-order valence-electron chi connectivity index (χ3n) is 3.04. The normalized spacial score (nSPS) is 17.0. The number of rotatable bonds is 2. The van der Waals surface area contributed by atoms with Crippen LogP contribution in [-0.2, 0) is 4.79 Å². The number of aromatic amines is 1. The van der Waals surface area contributed by atoms with E-state index in [4.69, 9.17) is 16.2 Å². The molecule has 1 atom stereocenters. The van der Waals surface area contributed by atoms with Crippen molar-refractivity contribution in [3.8, 4) is 5.75 Å². The number of nitrogens with zero attached hydrogens (tertiary/aromatic N) is 3. The SMILES string of the molecule is NC(=O)C1CN(C(=O)c2nc(N)n[nH]2)c2ccccc2O1. The quantitative estimate of drug-likeness (QED) is 0.666. The number of aromatic nitrogens is 3. The molecule has 0 spiro atoms. The fourth-order valence-electron chi connectivity index (χ4n) is 2.07. The van der Waals surface area contributed by atoms with E-state index >= 15 is 0 Å². The maximum absolute atomic E-state index is 12.5. The van der Waals surface area contributed by atoms with Crippen molar-refractivity contribution in [2.24, 2.45) is 5.73 Å². The van der Waals surface area contributed by atoms with E-state index in [1.54, 1.807) is 24.3 Å². The molecular weight excluding hydrogens is 276 g/mol. The molecule has 3 rings (SSSR count). The molecule has 5 N–H and O–H groups in total. The van der Waals surface area contributed by atoms with Crippen molar-refractivity contribution >= 4 is 23.5 Å². The van der Waals surface area contributed by atoms with Gasteiger partial charge in [0.2, 0.25) is 11.8 Å². The van der Waals surface area contributed by atoms with E-state index in [1.807, 2.05) is 0 Å². The first-order chi connectivity index (χ1) is 10.1. The van der Waals surface area contributed by atoms with Gasteiger partial charge in [0.05, 0.1) is 12.2 Å². The van der Waals surface area contributed by atoms with Crippen LogP contribution in [-0.4, -0.2) is 39.6 Å². The lowest BCUT2D eigenvalue weighted by Crippen LogP contribution is -2.49. The first-order valence-electron chi connectivity index (χ1n) is 6.11. The number of nitrogens with one attached hydrogen (secondary N) is 1. The number of primary amides is 1. The maximum atomic E-state index is 12.5. The van der Waals surface area contributed by atoms with Crippen LogP contribution in [0.15, 0.2) is 24.3 Å². The number of para-hydroxylation sites is 2. The molecule has 2 aromatic rings. The van der Waals surface area contributed by atoms with Crippen molar-refractivity contribution in [2.45, 2.75) is 6.10 Å². The van der Waals surface area contributed by atoms with Crippen LogP contribution < -0.4 is 21.1 Å². The predicted octanol–water partition coefficient (Wildman–Crippen LogP) is -0.720. The summed E-state index contributed by atoms with van der Waals surface area (Å²) in [6.45, 7) is -0.00815. The van der Waals surface area contributed by atoms with E-state index in [2.05, 4.69) is 15.2 Å². The Kier molecular flexibility index (Phi) is 2.94. The molecule has 0 aliphatic carbocycles. The highest BCUT2D eigenvalue weighted by Crippen LogP contribution is 2.33. The van der Waals surface area contributed by atoms with Gasteiger partial charge < -0.3 is 16.2 Å². The van der Waals surface area contributed by atoms with E-state index < -0.39 is 17.9 Å². The van der Waals surface area contributed by atoms with Gasteiger partial charge in [-0.05, 0) is 12.1 Å². The van der Waals surface area contributed by atoms with Crippen LogP contribution in [0.25, 0.3) is 0 Å². The molecule has 0 saturated carbocycles. The van der Waals surface area contributed by atoms with Crippen molar-refractivity contribution in [1.29, 1.82) is 0 Å². The molecule has 108 valence electrons. The van der Waals surface area contributed by atoms with Crippen LogP contribution in [0.4, 0.5) is 11.6 Å². The molecule has 1 aliphatic heterocycles. The van der Waals surface area contributed by atoms with E-state index in [0.717, 1.165) is 0 Å². The molecule has 1 aliphatic rings. The molecule has 1 aromatic carbocycles. The van der Waals surface area contributed by atoms with E-state index in [1.165, 1.54) is 4.90 Å². The first kappa shape index (κ1) is 12.9. The molecule has 0 radical (unpaired) electrons. The van der Waals surface area contributed by atoms with Gasteiger partial charge in [-0.3, -0.25) is 19.6 Å². The lowest BCUT2D eigenvalue weighted by molar-refractivity contribution is -0.124. The Morgan fingerprint density at radius 2 is 2.14 bits per heavy atom. The number of amides is 2. The second-order valence-electron chi connectivity index (χ2n) is 4.43. The summed E-state index contributed by atoms with van der Waals surface area (Å²) >= 11 is 0. The van der Waals surface area contributed by atoms with Crippen LogP contribution in [0, 0.1) is 0 Å². The Morgan fingerprint density at radius 3 is 2.81 bits per heavy atom. The maximum Gasteiger partial charge on any atom is 0.295 e. The molecule has 0 fully saturated rings. The van der Waals surface area contributed by atoms with Crippen molar-refractivity contribution in [3.05, 3.63) is 30.1 Å². The number of carbonyl (C=O) groups excluding carboxylic acids is 2. The smallest absolute Gasteiger partial charge is 0.295 e. The summed E-state index contributed by atoms with van der Waals surface area (Å²) in [5.74, 6) is -0.784. The van der Waals surface area contributed by atoms with Gasteiger partial charge in [0.25, 0.3) is 11.8 Å². The number of nitrogen functional groups attached to an aromatic ring is 1. The number of anilines is 2. The van der Waals surface area contributed by atoms with Crippen LogP contribution in [0.2, 0.25) is 0 Å². The Labute approximate surface area is 118 Å². The summed E-state index contributed by atoms with van der Waals surface area (Å²) in [4.78, 5) is 29.0. The van der Waals surface area contributed by atoms with Crippen LogP contribution >= 0.6 is 0 Å². The number of hydrogen-bond acceptors (Lipinski definition) is 6. The number of hydrogen-bond donors (Lipinski definition) is 3. The average molecular weight is 288 g/mol. The Balaban J connectivity index is 2.00. The molecule has 0 bridgehead atoms. The van der Waals surface area contributed by atoms with Gasteiger partial charge in [0, 0.05) is 0 Å². The number of ether oxygens (including phenoxy) is 1. The summed E-state index contributed by atoms with van der Waals surface area (Å²) in [5.41, 5.74) is 11.2. The summed E-state index contributed by atoms with van der Waals surface area (Å²) in [7, 11) is 0. The predicted molar refractivity (Wildman–Crippen MR) is 72.5 cm³/mol. The molecule has 0 saturated heterocycles. The van der Waals surface area contributed by atoms with Gasteiger partial charge in [-0.1, -0.05) is 12.1 Å². The van der Waals surface area contributed by atoms with Crippen molar-refractivity contribution in [3.63, 3.8) is 0 Å². The number of H-pyrrole nitrogens is 1. The van der Waals surface area contributed by atoms with E-state index in [9.17, 15) is 9.59 Å². The van der Waals surface area contributed by atoms with Crippen molar-refractivity contribution in [1.82, 2.24) is 15.2 Å². The van der Waals surface area contributed by atoms with Crippen LogP contribution in [0.3, 0.4) is 0 Å². The second-order valence-corrected chi connectivity index (χ2v) is 4.43. The summed E-state index contributed by atoms with van der Waals surface area (Å²) in [6.07, 6.45) is -0.927. The molecule has 9 heteroatoms. The third kappa shape index (κ3) is 2.24. The minimum absolute atomic E-state index is 0.00815. The standard InChI is InChI=1S/C12H12N6O3/c13-9(19)8-5-18(6-3-1-2-4-7(6)21-8)11(20)10-15-12(14)17-16-10/h1-4,8H,5H2,(H2,13,19)(H3,14,15,16,17). The van der Waals surface area contributed by atoms with Gasteiger partial charge in [-0.15, -0.1) is 5.10 Å². The monoisotopic (exact) mass is 288 g/mol. The van der Waals surface area contributed by atoms with Gasteiger partial charge >= 0.3 is 0 Å². The Morgan fingerprint density at radius 1 is 1.38 bits per heavy atom. The molecule has 1 aromatic heterocycles. The molecule has 2 amide bonds. The minimum atomic E-state index is -0.927. The highest BCUT2D eigenvalue weighted by atomic mass is 16.5. The number of fused-ring (bicyclic) bond motifs is 1. The van der Waals surface area contributed by atoms with Gasteiger partial charge in [-0.2, -0.15) is 4.98 Å². The molecule has 9 nitrogen and oxygen atoms in total. The Bertz CT molecular complexity index is 713. The zero-order valence-corrected chi connectivity index (χ0v) is 10.8. The molecule has 2 heterocycles. The lowest BCUT2D eigenvalue weighted by atomic mass is 10.1. The number of benzene rings is 1. The largest absolute Gasteiger partial charge is 0.477 e. The lowest BCUT2D eigenvalue weighted by Gasteiger charge is -2.32. The topological polar surface area (TPSA) is 140 Å². The number of nitrogens with two attached hydrogens (primary N) is 2. The fourth-order valence-corrected chi connectivity index (χ4v) is 2.07. The third-order valence-corrected chi connectivity index (χ3v) is 3.04. The second kappa shape index (κ2) is 4.78. The summed E-state index contributed by atoms with van der Waals surface area (Å²) in [6, 6.07) is 6.84. The summed E-state index contributed by atoms with van der Waals surface area (Å²) in [5, 5.41) is 6.06.